The number of hydrogen-bond acceptors (Lipinski definition) is 2. The predicted octanol–water partition coefficient (Wildman–Crippen LogP) is 3.70. The van der Waals surface area contributed by atoms with Gasteiger partial charge >= 0.3 is 5.97 Å². The summed E-state index contributed by atoms with van der Waals surface area (Å²) in [6, 6.07) is 7.10. The lowest BCUT2D eigenvalue weighted by Crippen LogP contribution is -2.37. The molecule has 4 nitrogen and oxygen atoms in total. The van der Waals surface area contributed by atoms with Crippen LogP contribution < -0.4 is 5.32 Å². The predicted molar refractivity (Wildman–Crippen MR) is 87.6 cm³/mol. The molecule has 122 valence electrons. The normalized spacial score (nSPS) is 13.7. The van der Waals surface area contributed by atoms with Gasteiger partial charge in [-0.2, -0.15) is 0 Å². The van der Waals surface area contributed by atoms with E-state index in [1.165, 1.54) is 0 Å². The van der Waals surface area contributed by atoms with Crippen LogP contribution in [-0.4, -0.2) is 17.0 Å². The van der Waals surface area contributed by atoms with Crippen molar-refractivity contribution < 1.29 is 14.7 Å². The quantitative estimate of drug-likeness (QED) is 0.769. The standard InChI is InChI=1S/C18H27NO3/c1-5-14(6-2)13(4)18(22)19-16(11-17(20)21)15-10-8-7-9-12(15)3/h7-10,13-14,16H,5-6,11H2,1-4H3,(H,19,22)(H,20,21). The average molecular weight is 305 g/mol. The van der Waals surface area contributed by atoms with Crippen molar-refractivity contribution >= 4 is 11.9 Å². The Labute approximate surface area is 132 Å². The zero-order valence-corrected chi connectivity index (χ0v) is 13.9. The molecule has 0 saturated carbocycles. The summed E-state index contributed by atoms with van der Waals surface area (Å²) in [5.74, 6) is -0.774. The SMILES string of the molecule is CCC(CC)C(C)C(=O)NC(CC(=O)O)c1ccccc1C. The maximum atomic E-state index is 12.5. The highest BCUT2D eigenvalue weighted by Gasteiger charge is 2.25. The molecule has 0 bridgehead atoms. The Bertz CT molecular complexity index is 509. The molecule has 0 fully saturated rings. The highest BCUT2D eigenvalue weighted by Crippen LogP contribution is 2.24. The Morgan fingerprint density at radius 3 is 2.27 bits per heavy atom. The van der Waals surface area contributed by atoms with Gasteiger partial charge in [0.15, 0.2) is 0 Å². The average Bonchev–Trinajstić information content (AvgIpc) is 2.47. The number of amides is 1. The summed E-state index contributed by atoms with van der Waals surface area (Å²) in [5, 5.41) is 12.1. The molecule has 2 unspecified atom stereocenters. The summed E-state index contributed by atoms with van der Waals surface area (Å²) >= 11 is 0. The molecule has 0 radical (unpaired) electrons. The summed E-state index contributed by atoms with van der Waals surface area (Å²) < 4.78 is 0. The summed E-state index contributed by atoms with van der Waals surface area (Å²) in [7, 11) is 0. The van der Waals surface area contributed by atoms with Gasteiger partial charge in [0.05, 0.1) is 12.5 Å². The zero-order valence-electron chi connectivity index (χ0n) is 13.9. The van der Waals surface area contributed by atoms with E-state index in [9.17, 15) is 9.59 Å². The van der Waals surface area contributed by atoms with Gasteiger partial charge in [0, 0.05) is 5.92 Å². The molecule has 0 heterocycles. The van der Waals surface area contributed by atoms with Crippen molar-refractivity contribution in [1.29, 1.82) is 0 Å². The second-order valence-electron chi connectivity index (χ2n) is 5.88. The van der Waals surface area contributed by atoms with Crippen molar-refractivity contribution in [2.24, 2.45) is 11.8 Å². The van der Waals surface area contributed by atoms with E-state index in [2.05, 4.69) is 19.2 Å². The van der Waals surface area contributed by atoms with Crippen molar-refractivity contribution in [3.63, 3.8) is 0 Å². The fourth-order valence-corrected chi connectivity index (χ4v) is 2.90. The second kappa shape index (κ2) is 8.57. The molecular weight excluding hydrogens is 278 g/mol. The van der Waals surface area contributed by atoms with Gasteiger partial charge in [0.25, 0.3) is 0 Å². The van der Waals surface area contributed by atoms with Crippen LogP contribution in [-0.2, 0) is 9.59 Å². The topological polar surface area (TPSA) is 66.4 Å². The number of benzene rings is 1. The molecule has 0 aliphatic rings. The molecule has 0 aromatic heterocycles. The van der Waals surface area contributed by atoms with Gasteiger partial charge in [0.2, 0.25) is 5.91 Å². The van der Waals surface area contributed by atoms with E-state index in [0.717, 1.165) is 24.0 Å². The van der Waals surface area contributed by atoms with E-state index in [0.29, 0.717) is 5.92 Å². The van der Waals surface area contributed by atoms with Gasteiger partial charge in [-0.15, -0.1) is 0 Å². The van der Waals surface area contributed by atoms with Crippen LogP contribution in [0.2, 0.25) is 0 Å². The van der Waals surface area contributed by atoms with Crippen molar-refractivity contribution in [2.45, 2.75) is 53.0 Å². The Balaban J connectivity index is 2.93. The Hall–Kier alpha value is -1.84. The van der Waals surface area contributed by atoms with E-state index in [-0.39, 0.29) is 18.2 Å². The van der Waals surface area contributed by atoms with Gasteiger partial charge in [-0.1, -0.05) is 57.9 Å². The number of carbonyl (C=O) groups excluding carboxylic acids is 1. The van der Waals surface area contributed by atoms with Gasteiger partial charge in [-0.3, -0.25) is 9.59 Å². The third-order valence-corrected chi connectivity index (χ3v) is 4.43. The monoisotopic (exact) mass is 305 g/mol. The first kappa shape index (κ1) is 18.2. The number of carboxylic acid groups (broad SMARTS) is 1. The fourth-order valence-electron chi connectivity index (χ4n) is 2.90. The summed E-state index contributed by atoms with van der Waals surface area (Å²) in [6.45, 7) is 8.01. The summed E-state index contributed by atoms with van der Waals surface area (Å²) in [5.41, 5.74) is 1.86. The largest absolute Gasteiger partial charge is 0.481 e. The first-order valence-corrected chi connectivity index (χ1v) is 7.98. The minimum absolute atomic E-state index is 0.0665. The number of aryl methyl sites for hydroxylation is 1. The van der Waals surface area contributed by atoms with Gasteiger partial charge in [-0.25, -0.2) is 0 Å². The highest BCUT2D eigenvalue weighted by molar-refractivity contribution is 5.80. The van der Waals surface area contributed by atoms with Crippen molar-refractivity contribution in [2.75, 3.05) is 0 Å². The number of hydrogen-bond donors (Lipinski definition) is 2. The molecule has 2 N–H and O–H groups in total. The minimum Gasteiger partial charge on any atom is -0.481 e. The van der Waals surface area contributed by atoms with Crippen LogP contribution in [0.5, 0.6) is 0 Å². The van der Waals surface area contributed by atoms with Crippen LogP contribution >= 0.6 is 0 Å². The smallest absolute Gasteiger partial charge is 0.305 e. The number of carbonyl (C=O) groups is 2. The van der Waals surface area contributed by atoms with Crippen LogP contribution in [0.4, 0.5) is 0 Å². The zero-order chi connectivity index (χ0) is 16.7. The maximum Gasteiger partial charge on any atom is 0.305 e. The van der Waals surface area contributed by atoms with E-state index >= 15 is 0 Å². The first-order chi connectivity index (χ1) is 10.4. The van der Waals surface area contributed by atoms with Gasteiger partial charge in [-0.05, 0) is 24.0 Å². The lowest BCUT2D eigenvalue weighted by molar-refractivity contribution is -0.138. The third-order valence-electron chi connectivity index (χ3n) is 4.43. The van der Waals surface area contributed by atoms with E-state index in [1.54, 1.807) is 0 Å². The Morgan fingerprint density at radius 1 is 1.18 bits per heavy atom. The lowest BCUT2D eigenvalue weighted by atomic mass is 9.88. The first-order valence-electron chi connectivity index (χ1n) is 7.98. The molecule has 0 aliphatic heterocycles. The number of nitrogens with one attached hydrogen (secondary N) is 1. The van der Waals surface area contributed by atoms with Crippen LogP contribution in [0.1, 0.15) is 57.2 Å². The molecule has 1 aromatic rings. The second-order valence-corrected chi connectivity index (χ2v) is 5.88. The van der Waals surface area contributed by atoms with Gasteiger partial charge < -0.3 is 10.4 Å². The molecule has 1 amide bonds. The molecule has 1 aromatic carbocycles. The van der Waals surface area contributed by atoms with Crippen LogP contribution in [0.3, 0.4) is 0 Å². The van der Waals surface area contributed by atoms with Crippen LogP contribution in [0.15, 0.2) is 24.3 Å². The Morgan fingerprint density at radius 2 is 1.77 bits per heavy atom. The maximum absolute atomic E-state index is 12.5. The number of aliphatic carboxylic acids is 1. The van der Waals surface area contributed by atoms with Crippen molar-refractivity contribution in [1.82, 2.24) is 5.32 Å². The Kier molecular flexibility index (Phi) is 7.09. The molecule has 0 spiro atoms. The van der Waals surface area contributed by atoms with E-state index in [4.69, 9.17) is 5.11 Å². The fraction of sp³-hybridized carbons (Fsp3) is 0.556. The lowest BCUT2D eigenvalue weighted by Gasteiger charge is -2.25. The van der Waals surface area contributed by atoms with Gasteiger partial charge in [0.1, 0.15) is 0 Å². The molecule has 4 heteroatoms. The molecule has 1 rings (SSSR count). The molecular formula is C18H27NO3. The minimum atomic E-state index is -0.913. The van der Waals surface area contributed by atoms with Crippen molar-refractivity contribution in [3.05, 3.63) is 35.4 Å². The highest BCUT2D eigenvalue weighted by atomic mass is 16.4. The van der Waals surface area contributed by atoms with Crippen LogP contribution in [0.25, 0.3) is 0 Å². The summed E-state index contributed by atoms with van der Waals surface area (Å²) in [6.07, 6.45) is 1.78. The van der Waals surface area contributed by atoms with E-state index in [1.807, 2.05) is 38.1 Å². The van der Waals surface area contributed by atoms with E-state index < -0.39 is 12.0 Å². The summed E-state index contributed by atoms with van der Waals surface area (Å²) in [4.78, 5) is 23.6. The van der Waals surface area contributed by atoms with Crippen molar-refractivity contribution in [3.8, 4) is 0 Å². The molecule has 2 atom stereocenters. The molecule has 0 aliphatic carbocycles. The van der Waals surface area contributed by atoms with Crippen LogP contribution in [0, 0.1) is 18.8 Å². The number of rotatable bonds is 8. The molecule has 0 saturated heterocycles. The molecule has 22 heavy (non-hydrogen) atoms. The number of carboxylic acids is 1. The third kappa shape index (κ3) is 4.86.